The first-order valence-electron chi connectivity index (χ1n) is 8.06. The van der Waals surface area contributed by atoms with Crippen molar-refractivity contribution in [2.24, 2.45) is 5.92 Å². The lowest BCUT2D eigenvalue weighted by molar-refractivity contribution is 0.342. The molecule has 2 heteroatoms. The molecule has 1 N–H and O–H groups in total. The Morgan fingerprint density at radius 1 is 1.05 bits per heavy atom. The van der Waals surface area contributed by atoms with Crippen LogP contribution in [0.5, 0.6) is 0 Å². The fourth-order valence-electron chi connectivity index (χ4n) is 4.44. The number of fused-ring (bicyclic) bond motifs is 2. The van der Waals surface area contributed by atoms with E-state index in [0.717, 1.165) is 18.5 Å². The summed E-state index contributed by atoms with van der Waals surface area (Å²) in [7, 11) is 0. The molecule has 0 bridgehead atoms. The van der Waals surface area contributed by atoms with Gasteiger partial charge >= 0.3 is 0 Å². The fraction of sp³-hybridized carbons (Fsp3) is 0.647. The minimum absolute atomic E-state index is 0.823. The van der Waals surface area contributed by atoms with Crippen LogP contribution in [0.15, 0.2) is 18.2 Å². The standard InChI is InChI=1S/C17H24N2/c1-2-8-15-13(5-1)10-12-19(15)16-9-3-6-14-7-4-11-18-17(14)16/h3,6,9,13,15,18H,1-2,4-5,7-8,10-12H2. The van der Waals surface area contributed by atoms with E-state index in [1.165, 1.54) is 68.4 Å². The van der Waals surface area contributed by atoms with Crippen molar-refractivity contribution < 1.29 is 0 Å². The number of nitrogens with one attached hydrogen (secondary N) is 1. The Balaban J connectivity index is 1.69. The summed E-state index contributed by atoms with van der Waals surface area (Å²) in [6, 6.07) is 7.73. The maximum absolute atomic E-state index is 3.66. The molecule has 0 spiro atoms. The van der Waals surface area contributed by atoms with E-state index in [1.807, 2.05) is 0 Å². The Morgan fingerprint density at radius 2 is 2.00 bits per heavy atom. The molecular weight excluding hydrogens is 232 g/mol. The van der Waals surface area contributed by atoms with Gasteiger partial charge in [-0.15, -0.1) is 0 Å². The van der Waals surface area contributed by atoms with Crippen molar-refractivity contribution in [1.29, 1.82) is 0 Å². The zero-order valence-electron chi connectivity index (χ0n) is 11.7. The van der Waals surface area contributed by atoms with Crippen LogP contribution in [0.25, 0.3) is 0 Å². The number of rotatable bonds is 1. The Kier molecular flexibility index (Phi) is 2.90. The first-order valence-corrected chi connectivity index (χ1v) is 8.06. The molecule has 102 valence electrons. The first kappa shape index (κ1) is 11.6. The Morgan fingerprint density at radius 3 is 3.00 bits per heavy atom. The lowest BCUT2D eigenvalue weighted by atomic mass is 9.85. The van der Waals surface area contributed by atoms with Crippen LogP contribution in [-0.2, 0) is 6.42 Å². The number of hydrogen-bond acceptors (Lipinski definition) is 2. The lowest BCUT2D eigenvalue weighted by Gasteiger charge is -2.35. The smallest absolute Gasteiger partial charge is 0.0610 e. The molecule has 0 amide bonds. The monoisotopic (exact) mass is 256 g/mol. The van der Waals surface area contributed by atoms with Gasteiger partial charge in [0.15, 0.2) is 0 Å². The lowest BCUT2D eigenvalue weighted by Crippen LogP contribution is -2.35. The molecule has 1 saturated carbocycles. The zero-order valence-corrected chi connectivity index (χ0v) is 11.7. The van der Waals surface area contributed by atoms with Crippen LogP contribution >= 0.6 is 0 Å². The van der Waals surface area contributed by atoms with Gasteiger partial charge in [-0.3, -0.25) is 0 Å². The molecule has 2 fully saturated rings. The normalized spacial score (nSPS) is 29.6. The van der Waals surface area contributed by atoms with E-state index in [4.69, 9.17) is 0 Å². The number of benzene rings is 1. The van der Waals surface area contributed by atoms with Crippen LogP contribution in [0, 0.1) is 5.92 Å². The summed E-state index contributed by atoms with van der Waals surface area (Å²) in [4.78, 5) is 2.72. The molecule has 2 aliphatic heterocycles. The summed E-state index contributed by atoms with van der Waals surface area (Å²) >= 11 is 0. The van der Waals surface area contributed by atoms with Crippen LogP contribution in [0.2, 0.25) is 0 Å². The molecule has 0 radical (unpaired) electrons. The molecule has 19 heavy (non-hydrogen) atoms. The van der Waals surface area contributed by atoms with E-state index in [2.05, 4.69) is 28.4 Å². The number of hydrogen-bond donors (Lipinski definition) is 1. The molecule has 1 saturated heterocycles. The Bertz CT molecular complexity index is 468. The van der Waals surface area contributed by atoms with Crippen LogP contribution in [0.1, 0.15) is 44.1 Å². The molecule has 1 aromatic carbocycles. The molecule has 1 aromatic rings. The highest BCUT2D eigenvalue weighted by Gasteiger charge is 2.36. The topological polar surface area (TPSA) is 15.3 Å². The molecule has 3 aliphatic rings. The van der Waals surface area contributed by atoms with Gasteiger partial charge in [-0.1, -0.05) is 25.0 Å². The Labute approximate surface area is 116 Å². The van der Waals surface area contributed by atoms with Crippen molar-refractivity contribution in [2.45, 2.75) is 51.0 Å². The van der Waals surface area contributed by atoms with Crippen LogP contribution < -0.4 is 10.2 Å². The molecule has 2 atom stereocenters. The fourth-order valence-corrected chi connectivity index (χ4v) is 4.44. The maximum atomic E-state index is 3.66. The van der Waals surface area contributed by atoms with Gasteiger partial charge in [-0.2, -0.15) is 0 Å². The van der Waals surface area contributed by atoms with E-state index in [-0.39, 0.29) is 0 Å². The van der Waals surface area contributed by atoms with E-state index >= 15 is 0 Å². The molecule has 0 aromatic heterocycles. The second-order valence-corrected chi connectivity index (χ2v) is 6.44. The summed E-state index contributed by atoms with van der Waals surface area (Å²) in [6.45, 7) is 2.42. The predicted octanol–water partition coefficient (Wildman–Crippen LogP) is 3.81. The van der Waals surface area contributed by atoms with E-state index in [1.54, 1.807) is 0 Å². The maximum Gasteiger partial charge on any atom is 0.0610 e. The summed E-state index contributed by atoms with van der Waals surface area (Å²) in [6.07, 6.45) is 9.70. The third-order valence-electron chi connectivity index (χ3n) is 5.37. The Hall–Kier alpha value is -1.18. The second kappa shape index (κ2) is 4.73. The van der Waals surface area contributed by atoms with E-state index < -0.39 is 0 Å². The average molecular weight is 256 g/mol. The number of anilines is 2. The molecule has 1 aliphatic carbocycles. The van der Waals surface area contributed by atoms with Gasteiger partial charge < -0.3 is 10.2 Å². The SMILES string of the molecule is c1cc2c(c(N3CCC4CCCCC43)c1)NCCC2. The van der Waals surface area contributed by atoms with Crippen LogP contribution in [0.4, 0.5) is 11.4 Å². The largest absolute Gasteiger partial charge is 0.383 e. The number of nitrogens with zero attached hydrogens (tertiary/aromatic N) is 1. The third-order valence-corrected chi connectivity index (χ3v) is 5.37. The van der Waals surface area contributed by atoms with Crippen molar-refractivity contribution in [3.8, 4) is 0 Å². The van der Waals surface area contributed by atoms with Gasteiger partial charge in [0.2, 0.25) is 0 Å². The predicted molar refractivity (Wildman–Crippen MR) is 81.0 cm³/mol. The average Bonchev–Trinajstić information content (AvgIpc) is 2.90. The van der Waals surface area contributed by atoms with Crippen molar-refractivity contribution >= 4 is 11.4 Å². The van der Waals surface area contributed by atoms with Gasteiger partial charge in [0.05, 0.1) is 11.4 Å². The molecule has 2 unspecified atom stereocenters. The van der Waals surface area contributed by atoms with E-state index in [0.29, 0.717) is 0 Å². The highest BCUT2D eigenvalue weighted by Crippen LogP contribution is 2.42. The minimum atomic E-state index is 0.823. The highest BCUT2D eigenvalue weighted by atomic mass is 15.2. The van der Waals surface area contributed by atoms with Gasteiger partial charge in [0.25, 0.3) is 0 Å². The van der Waals surface area contributed by atoms with Gasteiger partial charge in [-0.05, 0) is 49.7 Å². The van der Waals surface area contributed by atoms with Gasteiger partial charge in [-0.25, -0.2) is 0 Å². The number of aryl methyl sites for hydroxylation is 1. The third kappa shape index (κ3) is 1.92. The van der Waals surface area contributed by atoms with E-state index in [9.17, 15) is 0 Å². The van der Waals surface area contributed by atoms with Crippen molar-refractivity contribution in [1.82, 2.24) is 0 Å². The summed E-state index contributed by atoms with van der Waals surface area (Å²) in [5.41, 5.74) is 4.47. The number of para-hydroxylation sites is 1. The van der Waals surface area contributed by atoms with Gasteiger partial charge in [0.1, 0.15) is 0 Å². The second-order valence-electron chi connectivity index (χ2n) is 6.44. The van der Waals surface area contributed by atoms with Crippen LogP contribution in [-0.4, -0.2) is 19.1 Å². The van der Waals surface area contributed by atoms with Crippen molar-refractivity contribution in [2.75, 3.05) is 23.3 Å². The van der Waals surface area contributed by atoms with Crippen molar-refractivity contribution in [3.05, 3.63) is 23.8 Å². The highest BCUT2D eigenvalue weighted by molar-refractivity contribution is 5.75. The molecule has 2 nitrogen and oxygen atoms in total. The minimum Gasteiger partial charge on any atom is -0.383 e. The quantitative estimate of drug-likeness (QED) is 0.822. The van der Waals surface area contributed by atoms with Gasteiger partial charge in [0, 0.05) is 19.1 Å². The molecule has 2 heterocycles. The zero-order chi connectivity index (χ0) is 12.7. The molecule has 4 rings (SSSR count). The first-order chi connectivity index (χ1) is 9.43. The summed E-state index contributed by atoms with van der Waals surface area (Å²) in [5.74, 6) is 0.966. The summed E-state index contributed by atoms with van der Waals surface area (Å²) < 4.78 is 0. The molecular formula is C17H24N2. The summed E-state index contributed by atoms with van der Waals surface area (Å²) in [5, 5.41) is 3.66. The van der Waals surface area contributed by atoms with Crippen molar-refractivity contribution in [3.63, 3.8) is 0 Å². The van der Waals surface area contributed by atoms with Crippen LogP contribution in [0.3, 0.4) is 0 Å².